The van der Waals surface area contributed by atoms with Crippen molar-refractivity contribution in [3.63, 3.8) is 0 Å². The van der Waals surface area contributed by atoms with Crippen LogP contribution in [0.1, 0.15) is 50.3 Å². The lowest BCUT2D eigenvalue weighted by molar-refractivity contribution is 0.200. The molecule has 0 saturated heterocycles. The summed E-state index contributed by atoms with van der Waals surface area (Å²) in [6.07, 6.45) is 1.12. The molecular formula is C13H19NO. The average molecular weight is 205 g/mol. The molecule has 82 valence electrons. The molecule has 0 saturated carbocycles. The highest BCUT2D eigenvalue weighted by molar-refractivity contribution is 5.48. The van der Waals surface area contributed by atoms with Gasteiger partial charge in [-0.15, -0.1) is 0 Å². The highest BCUT2D eigenvalue weighted by atomic mass is 16.5. The van der Waals surface area contributed by atoms with Crippen LogP contribution in [-0.4, -0.2) is 6.10 Å². The zero-order valence-corrected chi connectivity index (χ0v) is 9.66. The summed E-state index contributed by atoms with van der Waals surface area (Å²) in [6, 6.07) is 6.34. The van der Waals surface area contributed by atoms with Gasteiger partial charge in [-0.25, -0.2) is 0 Å². The first-order chi connectivity index (χ1) is 7.15. The number of hydrogen-bond donors (Lipinski definition) is 1. The molecule has 1 aromatic carbocycles. The van der Waals surface area contributed by atoms with E-state index in [1.165, 1.54) is 11.1 Å². The Morgan fingerprint density at radius 2 is 2.13 bits per heavy atom. The van der Waals surface area contributed by atoms with Crippen molar-refractivity contribution < 1.29 is 4.74 Å². The minimum absolute atomic E-state index is 0.0451. The Kier molecular flexibility index (Phi) is 2.70. The van der Waals surface area contributed by atoms with E-state index in [2.05, 4.69) is 39.0 Å². The van der Waals surface area contributed by atoms with Gasteiger partial charge in [-0.3, -0.25) is 0 Å². The third-order valence-corrected chi connectivity index (χ3v) is 3.13. The van der Waals surface area contributed by atoms with Gasteiger partial charge in [-0.05, 0) is 17.9 Å². The molecule has 2 nitrogen and oxygen atoms in total. The fourth-order valence-corrected chi connectivity index (χ4v) is 2.19. The number of rotatable bonds is 2. The van der Waals surface area contributed by atoms with Gasteiger partial charge in [0.15, 0.2) is 0 Å². The van der Waals surface area contributed by atoms with Gasteiger partial charge in [0, 0.05) is 5.56 Å². The second-order valence-electron chi connectivity index (χ2n) is 4.51. The number of benzene rings is 1. The van der Waals surface area contributed by atoms with Gasteiger partial charge < -0.3 is 10.5 Å². The van der Waals surface area contributed by atoms with Crippen LogP contribution in [0.5, 0.6) is 5.75 Å². The molecule has 2 atom stereocenters. The Morgan fingerprint density at radius 3 is 2.73 bits per heavy atom. The molecule has 0 fully saturated rings. The summed E-state index contributed by atoms with van der Waals surface area (Å²) < 4.78 is 5.94. The van der Waals surface area contributed by atoms with Crippen molar-refractivity contribution in [2.45, 2.75) is 45.3 Å². The van der Waals surface area contributed by atoms with Gasteiger partial charge in [0.25, 0.3) is 0 Å². The summed E-state index contributed by atoms with van der Waals surface area (Å²) in [6.45, 7) is 6.49. The van der Waals surface area contributed by atoms with Crippen LogP contribution < -0.4 is 10.5 Å². The number of hydrogen-bond acceptors (Lipinski definition) is 2. The molecule has 15 heavy (non-hydrogen) atoms. The monoisotopic (exact) mass is 205 g/mol. The third-order valence-electron chi connectivity index (χ3n) is 3.13. The van der Waals surface area contributed by atoms with Gasteiger partial charge in [-0.2, -0.15) is 0 Å². The van der Waals surface area contributed by atoms with E-state index in [1.807, 2.05) is 0 Å². The first-order valence-electron chi connectivity index (χ1n) is 5.70. The van der Waals surface area contributed by atoms with E-state index in [-0.39, 0.29) is 12.1 Å². The molecule has 2 unspecified atom stereocenters. The SMILES string of the molecule is CCC1Oc2c(C(C)C)cccc2C1N. The van der Waals surface area contributed by atoms with E-state index in [1.54, 1.807) is 0 Å². The van der Waals surface area contributed by atoms with E-state index in [0.717, 1.165) is 12.2 Å². The van der Waals surface area contributed by atoms with E-state index in [0.29, 0.717) is 5.92 Å². The number of ether oxygens (including phenoxy) is 1. The number of fused-ring (bicyclic) bond motifs is 1. The zero-order valence-electron chi connectivity index (χ0n) is 9.66. The van der Waals surface area contributed by atoms with Crippen LogP contribution in [0.4, 0.5) is 0 Å². The molecule has 2 rings (SSSR count). The van der Waals surface area contributed by atoms with Crippen LogP contribution >= 0.6 is 0 Å². The Labute approximate surface area is 91.4 Å². The molecule has 0 aromatic heterocycles. The van der Waals surface area contributed by atoms with Crippen LogP contribution in [0.2, 0.25) is 0 Å². The lowest BCUT2D eigenvalue weighted by Crippen LogP contribution is -2.24. The molecule has 1 aliphatic rings. The summed E-state index contributed by atoms with van der Waals surface area (Å²) in [7, 11) is 0. The third kappa shape index (κ3) is 1.63. The molecule has 1 aromatic rings. The van der Waals surface area contributed by atoms with Crippen LogP contribution in [0, 0.1) is 0 Å². The molecule has 0 amide bonds. The summed E-state index contributed by atoms with van der Waals surface area (Å²) >= 11 is 0. The Bertz CT molecular complexity index is 360. The molecule has 1 heterocycles. The van der Waals surface area contributed by atoms with E-state index in [4.69, 9.17) is 10.5 Å². The predicted molar refractivity (Wildman–Crippen MR) is 62.2 cm³/mol. The quantitative estimate of drug-likeness (QED) is 0.805. The molecule has 0 aliphatic carbocycles. The minimum Gasteiger partial charge on any atom is -0.488 e. The first kappa shape index (κ1) is 10.5. The summed E-state index contributed by atoms with van der Waals surface area (Å²) in [5, 5.41) is 0. The van der Waals surface area contributed by atoms with Gasteiger partial charge in [0.1, 0.15) is 11.9 Å². The van der Waals surface area contributed by atoms with Crippen molar-refractivity contribution in [3.8, 4) is 5.75 Å². The summed E-state index contributed by atoms with van der Waals surface area (Å²) in [4.78, 5) is 0. The summed E-state index contributed by atoms with van der Waals surface area (Å²) in [5.74, 6) is 1.52. The molecule has 0 bridgehead atoms. The van der Waals surface area contributed by atoms with Crippen molar-refractivity contribution in [2.75, 3.05) is 0 Å². The predicted octanol–water partition coefficient (Wildman–Crippen LogP) is 2.98. The van der Waals surface area contributed by atoms with Crippen LogP contribution in [0.15, 0.2) is 18.2 Å². The van der Waals surface area contributed by atoms with Gasteiger partial charge in [0.05, 0.1) is 6.04 Å². The van der Waals surface area contributed by atoms with Gasteiger partial charge in [0.2, 0.25) is 0 Å². The standard InChI is InChI=1S/C13H19NO/c1-4-11-12(14)10-7-5-6-9(8(2)3)13(10)15-11/h5-8,11-12H,4,14H2,1-3H3. The van der Waals surface area contributed by atoms with Crippen molar-refractivity contribution in [2.24, 2.45) is 5.73 Å². The maximum Gasteiger partial charge on any atom is 0.128 e. The molecule has 2 heteroatoms. The second kappa shape index (κ2) is 3.86. The van der Waals surface area contributed by atoms with Crippen molar-refractivity contribution in [1.82, 2.24) is 0 Å². The van der Waals surface area contributed by atoms with Gasteiger partial charge in [-0.1, -0.05) is 39.0 Å². The van der Waals surface area contributed by atoms with E-state index in [9.17, 15) is 0 Å². The largest absolute Gasteiger partial charge is 0.488 e. The minimum atomic E-state index is 0.0451. The smallest absolute Gasteiger partial charge is 0.128 e. The number of para-hydroxylation sites is 1. The lowest BCUT2D eigenvalue weighted by atomic mass is 9.96. The van der Waals surface area contributed by atoms with E-state index >= 15 is 0 Å². The maximum absolute atomic E-state index is 6.15. The fourth-order valence-electron chi connectivity index (χ4n) is 2.19. The van der Waals surface area contributed by atoms with Crippen molar-refractivity contribution in [3.05, 3.63) is 29.3 Å². The van der Waals surface area contributed by atoms with Crippen molar-refractivity contribution >= 4 is 0 Å². The number of nitrogens with two attached hydrogens (primary N) is 1. The van der Waals surface area contributed by atoms with Crippen molar-refractivity contribution in [1.29, 1.82) is 0 Å². The maximum atomic E-state index is 6.15. The molecule has 0 spiro atoms. The average Bonchev–Trinajstić information content (AvgIpc) is 2.55. The van der Waals surface area contributed by atoms with E-state index < -0.39 is 0 Å². The Morgan fingerprint density at radius 1 is 1.40 bits per heavy atom. The molecule has 0 radical (unpaired) electrons. The topological polar surface area (TPSA) is 35.2 Å². The zero-order chi connectivity index (χ0) is 11.0. The van der Waals surface area contributed by atoms with Crippen LogP contribution in [-0.2, 0) is 0 Å². The highest BCUT2D eigenvalue weighted by Crippen LogP contribution is 2.41. The molecule has 1 aliphatic heterocycles. The highest BCUT2D eigenvalue weighted by Gasteiger charge is 2.32. The van der Waals surface area contributed by atoms with Crippen LogP contribution in [0.3, 0.4) is 0 Å². The Balaban J connectivity index is 2.44. The fraction of sp³-hybridized carbons (Fsp3) is 0.538. The molecular weight excluding hydrogens is 186 g/mol. The summed E-state index contributed by atoms with van der Waals surface area (Å²) in [5.41, 5.74) is 8.60. The first-order valence-corrected chi connectivity index (χ1v) is 5.70. The normalized spacial score (nSPS) is 24.1. The van der Waals surface area contributed by atoms with Gasteiger partial charge >= 0.3 is 0 Å². The molecule has 2 N–H and O–H groups in total. The van der Waals surface area contributed by atoms with Crippen LogP contribution in [0.25, 0.3) is 0 Å². The lowest BCUT2D eigenvalue weighted by Gasteiger charge is -2.13. The second-order valence-corrected chi connectivity index (χ2v) is 4.51. The Hall–Kier alpha value is -1.02.